The molecule has 0 radical (unpaired) electrons. The lowest BCUT2D eigenvalue weighted by molar-refractivity contribution is -0.138. The lowest BCUT2D eigenvalue weighted by atomic mass is 10.1. The van der Waals surface area contributed by atoms with Crippen molar-refractivity contribution in [1.29, 1.82) is 0 Å². The number of carboxylic acid groups (broad SMARTS) is 1. The lowest BCUT2D eigenvalue weighted by Crippen LogP contribution is -2.37. The SMILES string of the molecule is CN(C)Cc1ccccc1NC(=O)C(N)CC(=O)O. The van der Waals surface area contributed by atoms with Crippen molar-refractivity contribution in [3.05, 3.63) is 29.8 Å². The van der Waals surface area contributed by atoms with E-state index in [1.165, 1.54) is 0 Å². The first kappa shape index (κ1) is 15.1. The summed E-state index contributed by atoms with van der Waals surface area (Å²) < 4.78 is 0. The number of carboxylic acids is 1. The third-order valence-electron chi connectivity index (χ3n) is 2.49. The second-order valence-corrected chi connectivity index (χ2v) is 4.59. The van der Waals surface area contributed by atoms with E-state index in [0.29, 0.717) is 12.2 Å². The molecule has 1 rings (SSSR count). The Kier molecular flexibility index (Phi) is 5.47. The van der Waals surface area contributed by atoms with Gasteiger partial charge in [-0.2, -0.15) is 0 Å². The molecule has 6 heteroatoms. The van der Waals surface area contributed by atoms with Crippen molar-refractivity contribution in [2.75, 3.05) is 19.4 Å². The van der Waals surface area contributed by atoms with Crippen LogP contribution in [0.3, 0.4) is 0 Å². The minimum atomic E-state index is -1.09. The lowest BCUT2D eigenvalue weighted by Gasteiger charge is -2.16. The zero-order valence-electron chi connectivity index (χ0n) is 11.1. The quantitative estimate of drug-likeness (QED) is 0.695. The molecule has 0 aliphatic heterocycles. The molecule has 1 aromatic rings. The van der Waals surface area contributed by atoms with Crippen LogP contribution in [-0.4, -0.2) is 42.0 Å². The first-order chi connectivity index (χ1) is 8.90. The Morgan fingerprint density at radius 3 is 2.58 bits per heavy atom. The number of amides is 1. The molecule has 0 aliphatic rings. The van der Waals surface area contributed by atoms with Gasteiger partial charge in [0.15, 0.2) is 0 Å². The second kappa shape index (κ2) is 6.86. The van der Waals surface area contributed by atoms with Crippen molar-refractivity contribution in [3.8, 4) is 0 Å². The van der Waals surface area contributed by atoms with Crippen molar-refractivity contribution >= 4 is 17.6 Å². The van der Waals surface area contributed by atoms with Gasteiger partial charge in [-0.05, 0) is 25.7 Å². The fourth-order valence-corrected chi connectivity index (χ4v) is 1.63. The molecule has 1 amide bonds. The van der Waals surface area contributed by atoms with Gasteiger partial charge in [-0.1, -0.05) is 18.2 Å². The molecule has 0 saturated carbocycles. The van der Waals surface area contributed by atoms with Crippen LogP contribution in [0.25, 0.3) is 0 Å². The fraction of sp³-hybridized carbons (Fsp3) is 0.385. The Bertz CT molecular complexity index is 460. The maximum atomic E-state index is 11.8. The highest BCUT2D eigenvalue weighted by Crippen LogP contribution is 2.16. The number of nitrogens with zero attached hydrogens (tertiary/aromatic N) is 1. The molecule has 104 valence electrons. The number of benzene rings is 1. The molecule has 0 bridgehead atoms. The smallest absolute Gasteiger partial charge is 0.305 e. The summed E-state index contributed by atoms with van der Waals surface area (Å²) in [6.45, 7) is 0.671. The Morgan fingerprint density at radius 1 is 1.37 bits per heavy atom. The third-order valence-corrected chi connectivity index (χ3v) is 2.49. The zero-order valence-corrected chi connectivity index (χ0v) is 11.1. The van der Waals surface area contributed by atoms with Gasteiger partial charge >= 0.3 is 5.97 Å². The van der Waals surface area contributed by atoms with Crippen LogP contribution in [0.5, 0.6) is 0 Å². The molecule has 0 aromatic heterocycles. The number of hydrogen-bond donors (Lipinski definition) is 3. The Labute approximate surface area is 112 Å². The van der Waals surface area contributed by atoms with E-state index in [-0.39, 0.29) is 6.42 Å². The minimum absolute atomic E-state index is 0.387. The van der Waals surface area contributed by atoms with E-state index in [4.69, 9.17) is 10.8 Å². The summed E-state index contributed by atoms with van der Waals surface area (Å²) in [6, 6.07) is 6.30. The van der Waals surface area contributed by atoms with Crippen molar-refractivity contribution in [3.63, 3.8) is 0 Å². The molecule has 4 N–H and O–H groups in total. The van der Waals surface area contributed by atoms with E-state index in [1.807, 2.05) is 31.1 Å². The number of nitrogens with one attached hydrogen (secondary N) is 1. The topological polar surface area (TPSA) is 95.7 Å². The van der Waals surface area contributed by atoms with Gasteiger partial charge in [0.05, 0.1) is 12.5 Å². The first-order valence-corrected chi connectivity index (χ1v) is 5.91. The van der Waals surface area contributed by atoms with Crippen LogP contribution in [0, 0.1) is 0 Å². The van der Waals surface area contributed by atoms with Gasteiger partial charge in [0, 0.05) is 12.2 Å². The average molecular weight is 265 g/mol. The molecule has 0 fully saturated rings. The van der Waals surface area contributed by atoms with Crippen LogP contribution in [0.4, 0.5) is 5.69 Å². The van der Waals surface area contributed by atoms with Crippen molar-refractivity contribution in [2.24, 2.45) is 5.73 Å². The molecule has 0 heterocycles. The maximum absolute atomic E-state index is 11.8. The van der Waals surface area contributed by atoms with Gasteiger partial charge in [0.1, 0.15) is 0 Å². The summed E-state index contributed by atoms with van der Waals surface area (Å²) in [4.78, 5) is 24.3. The molecule has 0 aliphatic carbocycles. The molecule has 1 unspecified atom stereocenters. The molecule has 6 nitrogen and oxygen atoms in total. The van der Waals surface area contributed by atoms with Gasteiger partial charge in [-0.25, -0.2) is 0 Å². The summed E-state index contributed by atoms with van der Waals surface area (Å²) in [5.74, 6) is -1.59. The largest absolute Gasteiger partial charge is 0.481 e. The van der Waals surface area contributed by atoms with Gasteiger partial charge < -0.3 is 21.1 Å². The summed E-state index contributed by atoms with van der Waals surface area (Å²) in [7, 11) is 3.85. The van der Waals surface area contributed by atoms with Crippen molar-refractivity contribution < 1.29 is 14.7 Å². The zero-order chi connectivity index (χ0) is 14.4. The summed E-state index contributed by atoms with van der Waals surface area (Å²) in [5, 5.41) is 11.3. The van der Waals surface area contributed by atoms with E-state index in [9.17, 15) is 9.59 Å². The van der Waals surface area contributed by atoms with Crippen LogP contribution >= 0.6 is 0 Å². The van der Waals surface area contributed by atoms with Crippen molar-refractivity contribution in [1.82, 2.24) is 4.90 Å². The number of nitrogens with two attached hydrogens (primary N) is 1. The first-order valence-electron chi connectivity index (χ1n) is 5.91. The molecule has 19 heavy (non-hydrogen) atoms. The number of aliphatic carboxylic acids is 1. The highest BCUT2D eigenvalue weighted by molar-refractivity contribution is 5.97. The molecule has 0 spiro atoms. The predicted molar refractivity (Wildman–Crippen MR) is 72.7 cm³/mol. The summed E-state index contributed by atoms with van der Waals surface area (Å²) >= 11 is 0. The molecular formula is C13H19N3O3. The fourth-order valence-electron chi connectivity index (χ4n) is 1.63. The van der Waals surface area contributed by atoms with Crippen molar-refractivity contribution in [2.45, 2.75) is 19.0 Å². The summed E-state index contributed by atoms with van der Waals surface area (Å²) in [5.41, 5.74) is 7.12. The average Bonchev–Trinajstić information content (AvgIpc) is 2.30. The van der Waals surface area contributed by atoms with Gasteiger partial charge in [-0.15, -0.1) is 0 Å². The van der Waals surface area contributed by atoms with Crippen LogP contribution in [0.1, 0.15) is 12.0 Å². The Morgan fingerprint density at radius 2 is 2.00 bits per heavy atom. The third kappa shape index (κ3) is 5.07. The van der Waals surface area contributed by atoms with Gasteiger partial charge in [0.25, 0.3) is 0 Å². The monoisotopic (exact) mass is 265 g/mol. The number of rotatable bonds is 6. The molecule has 1 atom stereocenters. The molecule has 0 saturated heterocycles. The van der Waals surface area contributed by atoms with E-state index >= 15 is 0 Å². The minimum Gasteiger partial charge on any atom is -0.481 e. The standard InChI is InChI=1S/C13H19N3O3/c1-16(2)8-9-5-3-4-6-11(9)15-13(19)10(14)7-12(17)18/h3-6,10H,7-8,14H2,1-2H3,(H,15,19)(H,17,18). The van der Waals surface area contributed by atoms with E-state index in [1.54, 1.807) is 12.1 Å². The Hall–Kier alpha value is -1.92. The normalized spacial score (nSPS) is 12.2. The highest BCUT2D eigenvalue weighted by Gasteiger charge is 2.18. The number of hydrogen-bond acceptors (Lipinski definition) is 4. The van der Waals surface area contributed by atoms with Gasteiger partial charge in [-0.3, -0.25) is 9.59 Å². The van der Waals surface area contributed by atoms with Crippen LogP contribution in [0.15, 0.2) is 24.3 Å². The van der Waals surface area contributed by atoms with Gasteiger partial charge in [0.2, 0.25) is 5.91 Å². The van der Waals surface area contributed by atoms with Crippen LogP contribution in [0.2, 0.25) is 0 Å². The van der Waals surface area contributed by atoms with Crippen LogP contribution < -0.4 is 11.1 Å². The van der Waals surface area contributed by atoms with E-state index in [2.05, 4.69) is 5.32 Å². The van der Waals surface area contributed by atoms with E-state index < -0.39 is 17.9 Å². The Balaban J connectivity index is 2.76. The number of anilines is 1. The van der Waals surface area contributed by atoms with Crippen LogP contribution in [-0.2, 0) is 16.1 Å². The number of para-hydroxylation sites is 1. The number of carbonyl (C=O) groups is 2. The number of carbonyl (C=O) groups excluding carboxylic acids is 1. The van der Waals surface area contributed by atoms with E-state index in [0.717, 1.165) is 5.56 Å². The molecule has 1 aromatic carbocycles. The molecular weight excluding hydrogens is 246 g/mol. The predicted octanol–water partition coefficient (Wildman–Crippen LogP) is 0.489. The highest BCUT2D eigenvalue weighted by atomic mass is 16.4. The summed E-state index contributed by atoms with van der Waals surface area (Å²) in [6.07, 6.45) is -0.387. The second-order valence-electron chi connectivity index (χ2n) is 4.59. The maximum Gasteiger partial charge on any atom is 0.305 e.